The standard InChI is InChI=1S/C19H27FO2.C18H25FO2.C3H9IOS/c1-17-7-6-15-13(14(17)4-5-16(17)21)3-2-12-10-18(11-22-18)8-9-19(12,15)20;1-17-8-7-15-13(14(17)4-5-16(17)21)3-2-11-10-12(20)6-9-18(11,15)19;1-6(2,3,4)5/h12-15H,2-11H2,1H3;11,13-15H,2-10H2,1H3;1-3H3/t12-,13+,14+,15?,17+,18?,19-;11-,13+,14+,15?,17+,18-;/m11./s1. The first-order valence-electron chi connectivity index (χ1n) is 19.6. The zero-order valence-electron chi connectivity index (χ0n) is 30.6. The number of Topliss-reactive ketones (excluding diaryl/α,β-unsaturated/α-hetero) is 3. The van der Waals surface area contributed by atoms with E-state index < -0.39 is 17.6 Å². The number of fused-ring (bicyclic) bond motifs is 10. The topological polar surface area (TPSA) is 80.8 Å². The highest BCUT2D eigenvalue weighted by Crippen LogP contribution is 2.66. The van der Waals surface area contributed by atoms with E-state index in [1.807, 2.05) is 21.2 Å². The first kappa shape index (κ1) is 37.0. The van der Waals surface area contributed by atoms with Crippen molar-refractivity contribution in [3.05, 3.63) is 0 Å². The summed E-state index contributed by atoms with van der Waals surface area (Å²) in [6, 6.07) is 0. The van der Waals surface area contributed by atoms with Gasteiger partial charge in [0.25, 0.3) is 0 Å². The summed E-state index contributed by atoms with van der Waals surface area (Å²) in [4.78, 5) is 36.3. The summed E-state index contributed by atoms with van der Waals surface area (Å²) in [6.07, 6.45) is 18.1. The molecule has 3 unspecified atom stereocenters. The Morgan fingerprint density at radius 3 is 1.61 bits per heavy atom. The Labute approximate surface area is 305 Å². The maximum absolute atomic E-state index is 16.1. The molecule has 13 atom stereocenters. The van der Waals surface area contributed by atoms with E-state index in [1.165, 1.54) is 0 Å². The molecule has 0 aromatic heterocycles. The average molecular weight is 819 g/mol. The van der Waals surface area contributed by atoms with Crippen LogP contribution in [0.3, 0.4) is 0 Å². The minimum atomic E-state index is -2.13. The van der Waals surface area contributed by atoms with E-state index in [2.05, 4.69) is 13.8 Å². The molecule has 8 aliphatic carbocycles. The van der Waals surface area contributed by atoms with Crippen LogP contribution in [0.15, 0.2) is 0 Å². The van der Waals surface area contributed by atoms with Crippen LogP contribution in [0.4, 0.5) is 8.78 Å². The lowest BCUT2D eigenvalue weighted by Gasteiger charge is -2.57. The molecule has 9 fully saturated rings. The third-order valence-corrected chi connectivity index (χ3v) is 16.0. The molecule has 1 spiro atoms. The number of ketones is 3. The molecule has 0 amide bonds. The van der Waals surface area contributed by atoms with Crippen molar-refractivity contribution in [2.45, 2.75) is 146 Å². The zero-order valence-corrected chi connectivity index (χ0v) is 33.6. The van der Waals surface area contributed by atoms with E-state index in [-0.39, 0.29) is 45.9 Å². The monoisotopic (exact) mass is 818 g/mol. The molecule has 49 heavy (non-hydrogen) atoms. The summed E-state index contributed by atoms with van der Waals surface area (Å²) in [6.45, 7) is 5.17. The van der Waals surface area contributed by atoms with Crippen LogP contribution in [-0.2, 0) is 25.4 Å². The van der Waals surface area contributed by atoms with Crippen molar-refractivity contribution in [2.75, 3.05) is 25.4 Å². The van der Waals surface area contributed by atoms with Gasteiger partial charge in [-0.25, -0.2) is 8.78 Å². The second-order valence-electron chi connectivity index (χ2n) is 19.7. The fourth-order valence-corrected chi connectivity index (χ4v) is 13.4. The van der Waals surface area contributed by atoms with E-state index >= 15 is 8.78 Å². The molecule has 5 nitrogen and oxygen atoms in total. The molecular weight excluding hydrogens is 757 g/mol. The quantitative estimate of drug-likeness (QED) is 0.139. The number of carbonyl (C=O) groups excluding carboxylic acids is 3. The second kappa shape index (κ2) is 12.1. The van der Waals surface area contributed by atoms with Gasteiger partial charge in [-0.05, 0) is 150 Å². The van der Waals surface area contributed by atoms with Crippen LogP contribution in [0, 0.1) is 58.2 Å². The minimum Gasteiger partial charge on any atom is -0.370 e. The smallest absolute Gasteiger partial charge is 0.139 e. The number of hydrogen-bond donors (Lipinski definition) is 0. The minimum absolute atomic E-state index is 0.0403. The number of rotatable bonds is 0. The third-order valence-electron chi connectivity index (χ3n) is 16.0. The second-order valence-corrected chi connectivity index (χ2v) is 33.2. The number of carbonyl (C=O) groups is 3. The summed E-state index contributed by atoms with van der Waals surface area (Å²) >= 11 is 1.96. The maximum atomic E-state index is 16.1. The molecule has 9 heteroatoms. The summed E-state index contributed by atoms with van der Waals surface area (Å²) < 4.78 is 48.3. The molecule has 0 aromatic rings. The first-order valence-corrected chi connectivity index (χ1v) is 25.3. The zero-order chi connectivity index (χ0) is 35.4. The van der Waals surface area contributed by atoms with Crippen molar-refractivity contribution < 1.29 is 32.1 Å². The van der Waals surface area contributed by atoms with E-state index in [4.69, 9.17) is 4.74 Å². The molecule has 0 N–H and O–H groups in total. The third kappa shape index (κ3) is 6.62. The van der Waals surface area contributed by atoms with Gasteiger partial charge in [0, 0.05) is 63.6 Å². The highest BCUT2D eigenvalue weighted by atomic mass is 127. The maximum Gasteiger partial charge on any atom is 0.139 e. The molecule has 1 saturated heterocycles. The molecule has 0 radical (unpaired) electrons. The Balaban J connectivity index is 0.000000133. The van der Waals surface area contributed by atoms with Crippen molar-refractivity contribution in [1.29, 1.82) is 0 Å². The lowest BCUT2D eigenvalue weighted by molar-refractivity contribution is -0.152. The molecule has 0 bridgehead atoms. The fourth-order valence-electron chi connectivity index (χ4n) is 13.4. The van der Waals surface area contributed by atoms with Gasteiger partial charge in [-0.3, -0.25) is 18.6 Å². The Kier molecular flexibility index (Phi) is 9.16. The Morgan fingerprint density at radius 2 is 1.12 bits per heavy atom. The van der Waals surface area contributed by atoms with Crippen LogP contribution >= 0.6 is 21.2 Å². The fraction of sp³-hybridized carbons (Fsp3) is 0.925. The molecule has 278 valence electrons. The van der Waals surface area contributed by atoms with Crippen molar-refractivity contribution in [1.82, 2.24) is 0 Å². The largest absolute Gasteiger partial charge is 0.370 e. The average Bonchev–Trinajstić information content (AvgIpc) is 3.60. The van der Waals surface area contributed by atoms with Crippen molar-refractivity contribution >= 4 is 44.8 Å². The molecule has 8 saturated carbocycles. The van der Waals surface area contributed by atoms with Gasteiger partial charge in [-0.15, -0.1) is 0 Å². The van der Waals surface area contributed by atoms with E-state index in [0.29, 0.717) is 67.3 Å². The molecule has 1 aliphatic heterocycles. The lowest BCUT2D eigenvalue weighted by atomic mass is 9.49. The van der Waals surface area contributed by atoms with Gasteiger partial charge in [0.15, 0.2) is 0 Å². The molecule has 9 rings (SSSR count). The highest BCUT2D eigenvalue weighted by molar-refractivity contribution is 14.2. The number of ether oxygens (including phenoxy) is 1. The molecular formula is C40H61F2IO5S. The first-order chi connectivity index (χ1) is 22.7. The van der Waals surface area contributed by atoms with Crippen molar-refractivity contribution in [3.63, 3.8) is 0 Å². The van der Waals surface area contributed by atoms with Crippen molar-refractivity contribution in [2.24, 2.45) is 58.2 Å². The molecule has 1 heterocycles. The molecule has 9 aliphatic rings. The SMILES string of the molecule is CS(C)(C)(=O)I.C[C@]12CCC3[C@@H](CC[C@@H]4CC(=O)CC[C@]34F)[C@@H]1CCC2=O.C[C@]12CCC3[C@@H](CC[C@@H]4CC5(CC[C@]34F)CO5)[C@@H]1CCC2=O. The van der Waals surface area contributed by atoms with Crippen LogP contribution in [0.25, 0.3) is 0 Å². The van der Waals surface area contributed by atoms with Gasteiger partial charge < -0.3 is 4.74 Å². The Morgan fingerprint density at radius 1 is 0.653 bits per heavy atom. The van der Waals surface area contributed by atoms with Crippen LogP contribution < -0.4 is 0 Å². The predicted molar refractivity (Wildman–Crippen MR) is 199 cm³/mol. The normalized spacial score (nSPS) is 51.9. The number of hydrogen-bond acceptors (Lipinski definition) is 5. The van der Waals surface area contributed by atoms with Gasteiger partial charge in [0.1, 0.15) is 28.7 Å². The summed E-state index contributed by atoms with van der Waals surface area (Å²) in [5, 5.41) is 0. The summed E-state index contributed by atoms with van der Waals surface area (Å²) in [7, 11) is 0. The van der Waals surface area contributed by atoms with Gasteiger partial charge in [0.2, 0.25) is 0 Å². The van der Waals surface area contributed by atoms with Gasteiger partial charge in [-0.2, -0.15) is 0 Å². The van der Waals surface area contributed by atoms with Crippen LogP contribution in [0.1, 0.15) is 129 Å². The van der Waals surface area contributed by atoms with Gasteiger partial charge in [0.05, 0.1) is 12.2 Å². The highest BCUT2D eigenvalue weighted by Gasteiger charge is 2.66. The summed E-state index contributed by atoms with van der Waals surface area (Å²) in [5.41, 5.74) is -2.31. The van der Waals surface area contributed by atoms with Crippen LogP contribution in [0.5, 0.6) is 0 Å². The number of halogens is 3. The lowest BCUT2D eigenvalue weighted by Crippen LogP contribution is -2.57. The summed E-state index contributed by atoms with van der Waals surface area (Å²) in [5.74, 6) is 3.32. The van der Waals surface area contributed by atoms with Crippen LogP contribution in [0.2, 0.25) is 0 Å². The van der Waals surface area contributed by atoms with E-state index in [9.17, 15) is 18.6 Å². The van der Waals surface area contributed by atoms with Crippen molar-refractivity contribution in [3.8, 4) is 0 Å². The van der Waals surface area contributed by atoms with E-state index in [0.717, 1.165) is 90.1 Å². The van der Waals surface area contributed by atoms with Gasteiger partial charge >= 0.3 is 0 Å². The molecule has 0 aromatic carbocycles. The van der Waals surface area contributed by atoms with E-state index in [1.54, 1.807) is 18.8 Å². The van der Waals surface area contributed by atoms with Gasteiger partial charge in [-0.1, -0.05) is 20.1 Å². The predicted octanol–water partition coefficient (Wildman–Crippen LogP) is 8.98. The number of alkyl halides is 2. The van der Waals surface area contributed by atoms with Crippen LogP contribution in [-0.4, -0.2) is 63.9 Å². The Bertz CT molecular complexity index is 1430. The number of epoxide rings is 1. The Hall–Kier alpha value is -0.290.